The van der Waals surface area contributed by atoms with Crippen LogP contribution in [0.25, 0.3) is 0 Å². The Hall–Kier alpha value is -0.640. The molecule has 2 rings (SSSR count). The zero-order valence-corrected chi connectivity index (χ0v) is 10.5. The largest absolute Gasteiger partial charge is 0.385 e. The van der Waals surface area contributed by atoms with Crippen LogP contribution in [0.1, 0.15) is 31.2 Å². The van der Waals surface area contributed by atoms with Crippen LogP contribution in [0.15, 0.2) is 18.2 Å². The molecule has 1 N–H and O–H groups in total. The van der Waals surface area contributed by atoms with Gasteiger partial charge in [-0.2, -0.15) is 0 Å². The molecule has 1 aromatic rings. The molecule has 0 aliphatic heterocycles. The van der Waals surface area contributed by atoms with E-state index < -0.39 is 11.4 Å². The summed E-state index contributed by atoms with van der Waals surface area (Å²) < 4.78 is 19.1. The Kier molecular flexibility index (Phi) is 3.71. The predicted molar refractivity (Wildman–Crippen MR) is 64.6 cm³/mol. The van der Waals surface area contributed by atoms with E-state index in [9.17, 15) is 9.50 Å². The van der Waals surface area contributed by atoms with Crippen LogP contribution in [-0.2, 0) is 10.3 Å². The third-order valence-electron chi connectivity index (χ3n) is 3.45. The van der Waals surface area contributed by atoms with Crippen molar-refractivity contribution in [3.63, 3.8) is 0 Å². The number of rotatable bonds is 2. The van der Waals surface area contributed by atoms with Crippen LogP contribution in [-0.4, -0.2) is 18.3 Å². The lowest BCUT2D eigenvalue weighted by Crippen LogP contribution is -2.36. The highest BCUT2D eigenvalue weighted by Gasteiger charge is 2.37. The first-order valence-electron chi connectivity index (χ1n) is 5.76. The maximum Gasteiger partial charge on any atom is 0.130 e. The van der Waals surface area contributed by atoms with Crippen molar-refractivity contribution in [1.29, 1.82) is 0 Å². The van der Waals surface area contributed by atoms with Crippen molar-refractivity contribution in [2.75, 3.05) is 7.11 Å². The number of hydrogen-bond acceptors (Lipinski definition) is 2. The van der Waals surface area contributed by atoms with Gasteiger partial charge in [0, 0.05) is 24.1 Å². The normalized spacial score (nSPS) is 29.3. The third kappa shape index (κ3) is 2.62. The minimum absolute atomic E-state index is 0.0103. The van der Waals surface area contributed by atoms with Crippen molar-refractivity contribution in [3.05, 3.63) is 34.6 Å². The van der Waals surface area contributed by atoms with Gasteiger partial charge in [-0.05, 0) is 31.4 Å². The molecule has 1 aromatic carbocycles. The van der Waals surface area contributed by atoms with Crippen LogP contribution in [0.4, 0.5) is 4.39 Å². The molecule has 0 saturated heterocycles. The quantitative estimate of drug-likeness (QED) is 0.882. The lowest BCUT2D eigenvalue weighted by atomic mass is 9.78. The summed E-state index contributed by atoms with van der Waals surface area (Å²) in [6.07, 6.45) is 2.72. The number of ether oxygens (including phenoxy) is 1. The fourth-order valence-electron chi connectivity index (χ4n) is 2.52. The molecule has 0 radical (unpaired) electrons. The predicted octanol–water partition coefficient (Wildman–Crippen LogP) is 3.26. The van der Waals surface area contributed by atoms with Crippen LogP contribution in [0.3, 0.4) is 0 Å². The molecule has 2 atom stereocenters. The van der Waals surface area contributed by atoms with Crippen molar-refractivity contribution < 1.29 is 14.2 Å². The van der Waals surface area contributed by atoms with Crippen molar-refractivity contribution in [2.45, 2.75) is 37.4 Å². The van der Waals surface area contributed by atoms with Gasteiger partial charge in [-0.1, -0.05) is 17.7 Å². The van der Waals surface area contributed by atoms with Crippen molar-refractivity contribution in [3.8, 4) is 0 Å². The first kappa shape index (κ1) is 12.8. The van der Waals surface area contributed by atoms with Gasteiger partial charge in [0.05, 0.1) is 11.7 Å². The second-order valence-corrected chi connectivity index (χ2v) is 5.05. The third-order valence-corrected chi connectivity index (χ3v) is 3.68. The number of hydrogen-bond donors (Lipinski definition) is 1. The second-order valence-electron chi connectivity index (χ2n) is 4.61. The molecule has 4 heteroatoms. The lowest BCUT2D eigenvalue weighted by molar-refractivity contribution is -0.0650. The summed E-state index contributed by atoms with van der Waals surface area (Å²) in [7, 11) is 1.62. The van der Waals surface area contributed by atoms with E-state index in [2.05, 4.69) is 0 Å². The fraction of sp³-hybridized carbons (Fsp3) is 0.538. The zero-order valence-electron chi connectivity index (χ0n) is 9.75. The van der Waals surface area contributed by atoms with Gasteiger partial charge in [-0.25, -0.2) is 4.39 Å². The van der Waals surface area contributed by atoms with Crippen LogP contribution in [0.2, 0.25) is 5.02 Å². The Morgan fingerprint density at radius 1 is 1.53 bits per heavy atom. The lowest BCUT2D eigenvalue weighted by Gasteiger charge is -2.36. The summed E-state index contributed by atoms with van der Waals surface area (Å²) in [4.78, 5) is 0. The first-order chi connectivity index (χ1) is 8.05. The maximum absolute atomic E-state index is 13.8. The topological polar surface area (TPSA) is 29.5 Å². The van der Waals surface area contributed by atoms with Crippen molar-refractivity contribution in [2.24, 2.45) is 0 Å². The van der Waals surface area contributed by atoms with Gasteiger partial charge in [0.25, 0.3) is 0 Å². The fourth-order valence-corrected chi connectivity index (χ4v) is 2.67. The molecule has 0 spiro atoms. The van der Waals surface area contributed by atoms with E-state index in [1.54, 1.807) is 19.2 Å². The van der Waals surface area contributed by atoms with Crippen LogP contribution >= 0.6 is 11.6 Å². The number of methoxy groups -OCH3 is 1. The molecule has 2 unspecified atom stereocenters. The van der Waals surface area contributed by atoms with Gasteiger partial charge in [-0.3, -0.25) is 0 Å². The average Bonchev–Trinajstić information content (AvgIpc) is 2.28. The van der Waals surface area contributed by atoms with E-state index in [1.807, 2.05) is 0 Å². The molecule has 1 fully saturated rings. The highest BCUT2D eigenvalue weighted by Crippen LogP contribution is 2.39. The number of halogens is 2. The molecule has 2 nitrogen and oxygen atoms in total. The van der Waals surface area contributed by atoms with Crippen LogP contribution < -0.4 is 0 Å². The molecular weight excluding hydrogens is 243 g/mol. The smallest absolute Gasteiger partial charge is 0.130 e. The highest BCUT2D eigenvalue weighted by molar-refractivity contribution is 6.30. The van der Waals surface area contributed by atoms with Gasteiger partial charge in [0.15, 0.2) is 0 Å². The number of benzene rings is 1. The monoisotopic (exact) mass is 258 g/mol. The Labute approximate surface area is 105 Å². The van der Waals surface area contributed by atoms with Gasteiger partial charge < -0.3 is 9.84 Å². The van der Waals surface area contributed by atoms with Gasteiger partial charge in [-0.15, -0.1) is 0 Å². The Morgan fingerprint density at radius 2 is 2.29 bits per heavy atom. The van der Waals surface area contributed by atoms with E-state index in [0.717, 1.165) is 12.8 Å². The maximum atomic E-state index is 13.8. The van der Waals surface area contributed by atoms with Crippen molar-refractivity contribution in [1.82, 2.24) is 0 Å². The summed E-state index contributed by atoms with van der Waals surface area (Å²) in [6.45, 7) is 0. The summed E-state index contributed by atoms with van der Waals surface area (Å²) in [6, 6.07) is 4.41. The van der Waals surface area contributed by atoms with E-state index in [-0.39, 0.29) is 6.10 Å². The molecule has 1 aliphatic rings. The Balaban J connectivity index is 2.30. The molecule has 94 valence electrons. The summed E-state index contributed by atoms with van der Waals surface area (Å²) >= 11 is 5.71. The van der Waals surface area contributed by atoms with E-state index in [4.69, 9.17) is 16.3 Å². The van der Waals surface area contributed by atoms with Crippen LogP contribution in [0.5, 0.6) is 0 Å². The Bertz CT molecular complexity index is 410. The standard InChI is InChI=1S/C13H16ClFO2/c1-17-10-3-2-6-13(16,8-10)11-5-4-9(14)7-12(11)15/h4-5,7,10,16H,2-3,6,8H2,1H3. The van der Waals surface area contributed by atoms with E-state index in [1.165, 1.54) is 6.07 Å². The minimum Gasteiger partial charge on any atom is -0.385 e. The van der Waals surface area contributed by atoms with Crippen LogP contribution in [0, 0.1) is 5.82 Å². The summed E-state index contributed by atoms with van der Waals surface area (Å²) in [5, 5.41) is 10.9. The summed E-state index contributed by atoms with van der Waals surface area (Å²) in [5.74, 6) is -0.447. The highest BCUT2D eigenvalue weighted by atomic mass is 35.5. The minimum atomic E-state index is -1.13. The molecule has 0 aromatic heterocycles. The molecule has 17 heavy (non-hydrogen) atoms. The molecule has 0 heterocycles. The Morgan fingerprint density at radius 3 is 2.94 bits per heavy atom. The second kappa shape index (κ2) is 4.92. The average molecular weight is 259 g/mol. The SMILES string of the molecule is COC1CCCC(O)(c2ccc(Cl)cc2F)C1. The number of aliphatic hydroxyl groups is 1. The molecular formula is C13H16ClFO2. The molecule has 1 aliphatic carbocycles. The first-order valence-corrected chi connectivity index (χ1v) is 6.14. The molecule has 1 saturated carbocycles. The van der Waals surface area contributed by atoms with Gasteiger partial charge in [0.1, 0.15) is 5.82 Å². The summed E-state index contributed by atoms with van der Waals surface area (Å²) in [5.41, 5.74) is -0.809. The van der Waals surface area contributed by atoms with E-state index >= 15 is 0 Å². The van der Waals surface area contributed by atoms with Crippen molar-refractivity contribution >= 4 is 11.6 Å². The zero-order chi connectivity index (χ0) is 12.5. The van der Waals surface area contributed by atoms with E-state index in [0.29, 0.717) is 23.4 Å². The van der Waals surface area contributed by atoms with Gasteiger partial charge in [0.2, 0.25) is 0 Å². The molecule has 0 amide bonds. The molecule has 0 bridgehead atoms. The van der Waals surface area contributed by atoms with Gasteiger partial charge >= 0.3 is 0 Å².